The standard InChI is InChI=1S/C18H20N2O4/c1-11-6-8-24-17(11)16(22)14(9-19)15(21)13-3-2-7-20(10-13)18(23)12-4-5-12/h6,8,12-14H,2-5,7,10H2,1H3/t13-,14-/m1/s1. The molecule has 1 saturated heterocycles. The molecule has 1 saturated carbocycles. The lowest BCUT2D eigenvalue weighted by Crippen LogP contribution is -2.45. The summed E-state index contributed by atoms with van der Waals surface area (Å²) < 4.78 is 5.13. The van der Waals surface area contributed by atoms with E-state index in [1.165, 1.54) is 6.26 Å². The fourth-order valence-corrected chi connectivity index (χ4v) is 3.24. The molecule has 0 bridgehead atoms. The molecule has 0 unspecified atom stereocenters. The monoisotopic (exact) mass is 328 g/mol. The van der Waals surface area contributed by atoms with Gasteiger partial charge in [-0.25, -0.2) is 0 Å². The highest BCUT2D eigenvalue weighted by atomic mass is 16.3. The molecule has 2 atom stereocenters. The zero-order valence-electron chi connectivity index (χ0n) is 13.7. The number of piperidine rings is 1. The molecule has 6 heteroatoms. The first-order valence-electron chi connectivity index (χ1n) is 8.33. The normalized spacial score (nSPS) is 21.8. The smallest absolute Gasteiger partial charge is 0.225 e. The Morgan fingerprint density at radius 1 is 1.29 bits per heavy atom. The lowest BCUT2D eigenvalue weighted by molar-refractivity contribution is -0.136. The average molecular weight is 328 g/mol. The highest BCUT2D eigenvalue weighted by molar-refractivity contribution is 6.12. The van der Waals surface area contributed by atoms with Gasteiger partial charge in [0.15, 0.2) is 17.5 Å². The van der Waals surface area contributed by atoms with Gasteiger partial charge in [0.2, 0.25) is 11.7 Å². The molecule has 1 aromatic rings. The Bertz CT molecular complexity index is 711. The highest BCUT2D eigenvalue weighted by Gasteiger charge is 2.40. The summed E-state index contributed by atoms with van der Waals surface area (Å²) in [5.41, 5.74) is 0.613. The second kappa shape index (κ2) is 6.60. The first kappa shape index (κ1) is 16.4. The molecule has 1 aliphatic carbocycles. The zero-order chi connectivity index (χ0) is 17.3. The van der Waals surface area contributed by atoms with E-state index in [2.05, 4.69) is 0 Å². The number of likely N-dealkylation sites (tertiary alicyclic amines) is 1. The molecule has 0 N–H and O–H groups in total. The minimum Gasteiger partial charge on any atom is -0.461 e. The number of rotatable bonds is 5. The first-order valence-corrected chi connectivity index (χ1v) is 8.33. The van der Waals surface area contributed by atoms with Crippen molar-refractivity contribution in [2.45, 2.75) is 32.6 Å². The Morgan fingerprint density at radius 2 is 2.04 bits per heavy atom. The maximum absolute atomic E-state index is 12.7. The van der Waals surface area contributed by atoms with Gasteiger partial charge in [-0.05, 0) is 44.2 Å². The predicted molar refractivity (Wildman–Crippen MR) is 83.9 cm³/mol. The van der Waals surface area contributed by atoms with Crippen LogP contribution in [0.2, 0.25) is 0 Å². The van der Waals surface area contributed by atoms with E-state index >= 15 is 0 Å². The maximum atomic E-state index is 12.7. The number of ketones is 2. The van der Waals surface area contributed by atoms with Crippen molar-refractivity contribution >= 4 is 17.5 Å². The molecule has 1 aliphatic heterocycles. The number of hydrogen-bond donors (Lipinski definition) is 0. The number of hydrogen-bond acceptors (Lipinski definition) is 5. The van der Waals surface area contributed by atoms with Crippen LogP contribution in [0.1, 0.15) is 41.8 Å². The molecular weight excluding hydrogens is 308 g/mol. The van der Waals surface area contributed by atoms with Gasteiger partial charge in [-0.1, -0.05) is 0 Å². The van der Waals surface area contributed by atoms with Crippen molar-refractivity contribution in [3.63, 3.8) is 0 Å². The zero-order valence-corrected chi connectivity index (χ0v) is 13.7. The fraction of sp³-hybridized carbons (Fsp3) is 0.556. The van der Waals surface area contributed by atoms with Gasteiger partial charge in [0.25, 0.3) is 0 Å². The third kappa shape index (κ3) is 3.12. The van der Waals surface area contributed by atoms with Crippen LogP contribution >= 0.6 is 0 Å². The third-order valence-corrected chi connectivity index (χ3v) is 4.82. The molecule has 0 radical (unpaired) electrons. The maximum Gasteiger partial charge on any atom is 0.225 e. The van der Waals surface area contributed by atoms with Crippen molar-refractivity contribution in [1.82, 2.24) is 4.90 Å². The Labute approximate surface area is 140 Å². The van der Waals surface area contributed by atoms with E-state index < -0.39 is 23.4 Å². The van der Waals surface area contributed by atoms with Crippen LogP contribution in [0.15, 0.2) is 16.7 Å². The Kier molecular flexibility index (Phi) is 4.52. The predicted octanol–water partition coefficient (Wildman–Crippen LogP) is 2.13. The topological polar surface area (TPSA) is 91.4 Å². The molecule has 0 spiro atoms. The van der Waals surface area contributed by atoms with E-state index in [1.54, 1.807) is 17.9 Å². The minimum absolute atomic E-state index is 0.0663. The number of aryl methyl sites for hydroxylation is 1. The SMILES string of the molecule is Cc1ccoc1C(=O)[C@H](C#N)C(=O)[C@@H]1CCCN(C(=O)C2CC2)C1. The van der Waals surface area contributed by atoms with E-state index in [-0.39, 0.29) is 17.6 Å². The van der Waals surface area contributed by atoms with Crippen LogP contribution in [-0.2, 0) is 9.59 Å². The summed E-state index contributed by atoms with van der Waals surface area (Å²) in [6.45, 7) is 2.67. The largest absolute Gasteiger partial charge is 0.461 e. The second-order valence-corrected chi connectivity index (χ2v) is 6.66. The Hall–Kier alpha value is -2.42. The number of carbonyl (C=O) groups is 3. The van der Waals surface area contributed by atoms with Crippen molar-refractivity contribution in [1.29, 1.82) is 5.26 Å². The van der Waals surface area contributed by atoms with Crippen molar-refractivity contribution in [2.75, 3.05) is 13.1 Å². The average Bonchev–Trinajstić information content (AvgIpc) is 3.36. The summed E-state index contributed by atoms with van der Waals surface area (Å²) in [6.07, 6.45) is 4.55. The van der Waals surface area contributed by atoms with Crippen LogP contribution in [0, 0.1) is 36.0 Å². The molecule has 1 aromatic heterocycles. The number of nitrogens with zero attached hydrogens (tertiary/aromatic N) is 2. The van der Waals surface area contributed by atoms with Gasteiger partial charge in [0.1, 0.15) is 0 Å². The molecule has 2 heterocycles. The van der Waals surface area contributed by atoms with Gasteiger partial charge >= 0.3 is 0 Å². The first-order chi connectivity index (χ1) is 11.5. The van der Waals surface area contributed by atoms with Crippen molar-refractivity contribution in [2.24, 2.45) is 17.8 Å². The van der Waals surface area contributed by atoms with Crippen molar-refractivity contribution < 1.29 is 18.8 Å². The van der Waals surface area contributed by atoms with Crippen LogP contribution in [0.25, 0.3) is 0 Å². The van der Waals surface area contributed by atoms with Crippen LogP contribution in [0.5, 0.6) is 0 Å². The van der Waals surface area contributed by atoms with E-state index in [0.29, 0.717) is 25.1 Å². The molecule has 0 aromatic carbocycles. The number of furan rings is 1. The Balaban J connectivity index is 1.71. The summed E-state index contributed by atoms with van der Waals surface area (Å²) in [4.78, 5) is 39.1. The highest BCUT2D eigenvalue weighted by Crippen LogP contribution is 2.33. The van der Waals surface area contributed by atoms with Crippen molar-refractivity contribution in [3.8, 4) is 6.07 Å². The van der Waals surface area contributed by atoms with E-state index in [1.807, 2.05) is 6.07 Å². The van der Waals surface area contributed by atoms with Gasteiger partial charge in [-0.2, -0.15) is 5.26 Å². The third-order valence-electron chi connectivity index (χ3n) is 4.82. The van der Waals surface area contributed by atoms with Crippen LogP contribution in [0.3, 0.4) is 0 Å². The van der Waals surface area contributed by atoms with Gasteiger partial charge in [0, 0.05) is 24.9 Å². The molecule has 24 heavy (non-hydrogen) atoms. The second-order valence-electron chi connectivity index (χ2n) is 6.66. The molecule has 1 amide bonds. The van der Waals surface area contributed by atoms with Gasteiger partial charge < -0.3 is 9.32 Å². The van der Waals surface area contributed by atoms with Gasteiger partial charge in [-0.15, -0.1) is 0 Å². The Morgan fingerprint density at radius 3 is 2.62 bits per heavy atom. The molecule has 2 aliphatic rings. The molecule has 3 rings (SSSR count). The number of Topliss-reactive ketones (excluding diaryl/α,β-unsaturated/α-hetero) is 2. The molecule has 126 valence electrons. The van der Waals surface area contributed by atoms with Crippen LogP contribution in [-0.4, -0.2) is 35.5 Å². The van der Waals surface area contributed by atoms with Gasteiger partial charge in [0.05, 0.1) is 12.3 Å². The summed E-state index contributed by atoms with van der Waals surface area (Å²) >= 11 is 0. The number of amides is 1. The van der Waals surface area contributed by atoms with E-state index in [9.17, 15) is 19.6 Å². The summed E-state index contributed by atoms with van der Waals surface area (Å²) in [5.74, 6) is -2.52. The fourth-order valence-electron chi connectivity index (χ4n) is 3.24. The quantitative estimate of drug-likeness (QED) is 0.610. The summed E-state index contributed by atoms with van der Waals surface area (Å²) in [7, 11) is 0. The van der Waals surface area contributed by atoms with E-state index in [4.69, 9.17) is 4.42 Å². The molecule has 6 nitrogen and oxygen atoms in total. The number of nitriles is 1. The molecule has 2 fully saturated rings. The lowest BCUT2D eigenvalue weighted by Gasteiger charge is -2.32. The van der Waals surface area contributed by atoms with Crippen LogP contribution in [0.4, 0.5) is 0 Å². The molecular formula is C18H20N2O4. The lowest BCUT2D eigenvalue weighted by atomic mass is 9.84. The van der Waals surface area contributed by atoms with Gasteiger partial charge in [-0.3, -0.25) is 14.4 Å². The van der Waals surface area contributed by atoms with Crippen molar-refractivity contribution in [3.05, 3.63) is 23.7 Å². The minimum atomic E-state index is -1.36. The van der Waals surface area contributed by atoms with E-state index in [0.717, 1.165) is 19.3 Å². The summed E-state index contributed by atoms with van der Waals surface area (Å²) in [6, 6.07) is 3.46. The number of carbonyl (C=O) groups excluding carboxylic acids is 3. The van der Waals surface area contributed by atoms with Crippen LogP contribution < -0.4 is 0 Å². The summed E-state index contributed by atoms with van der Waals surface area (Å²) in [5, 5.41) is 9.35.